The van der Waals surface area contributed by atoms with Crippen LogP contribution in [0.3, 0.4) is 0 Å². The first kappa shape index (κ1) is 20.8. The second-order valence-corrected chi connectivity index (χ2v) is 7.71. The van der Waals surface area contributed by atoms with Crippen molar-refractivity contribution in [1.82, 2.24) is 9.80 Å². The van der Waals surface area contributed by atoms with E-state index in [-0.39, 0.29) is 30.2 Å². The summed E-state index contributed by atoms with van der Waals surface area (Å²) in [5, 5.41) is 0. The zero-order valence-corrected chi connectivity index (χ0v) is 17.5. The molecular weight excluding hydrogens is 364 g/mol. The van der Waals surface area contributed by atoms with Crippen LogP contribution in [0.1, 0.15) is 54.0 Å². The fourth-order valence-electron chi connectivity index (χ4n) is 4.10. The van der Waals surface area contributed by atoms with Crippen molar-refractivity contribution in [2.45, 2.75) is 33.1 Å². The third kappa shape index (κ3) is 3.46. The van der Waals surface area contributed by atoms with E-state index in [1.54, 1.807) is 24.3 Å². The van der Waals surface area contributed by atoms with E-state index in [0.29, 0.717) is 24.2 Å². The first-order valence-corrected chi connectivity index (χ1v) is 10.2. The fraction of sp³-hybridized carbons (Fsp3) is 0.375. The fourth-order valence-corrected chi connectivity index (χ4v) is 4.10. The van der Waals surface area contributed by atoms with Gasteiger partial charge in [-0.05, 0) is 44.4 Å². The smallest absolute Gasteiger partial charge is 0.261 e. The molecule has 1 aliphatic heterocycles. The molecule has 0 aromatic heterocycles. The lowest BCUT2D eigenvalue weighted by Gasteiger charge is -2.39. The van der Waals surface area contributed by atoms with E-state index in [1.165, 1.54) is 4.90 Å². The summed E-state index contributed by atoms with van der Waals surface area (Å²) in [6.45, 7) is 9.19. The van der Waals surface area contributed by atoms with Crippen LogP contribution < -0.4 is 0 Å². The topological polar surface area (TPSA) is 57.7 Å². The minimum absolute atomic E-state index is 0.0119. The normalized spacial score (nSPS) is 16.3. The summed E-state index contributed by atoms with van der Waals surface area (Å²) in [7, 11) is 0. The summed E-state index contributed by atoms with van der Waals surface area (Å²) < 4.78 is 0. The van der Waals surface area contributed by atoms with E-state index in [4.69, 9.17) is 0 Å². The van der Waals surface area contributed by atoms with E-state index in [2.05, 4.69) is 0 Å². The van der Waals surface area contributed by atoms with Crippen LogP contribution in [0.25, 0.3) is 0 Å². The molecule has 5 heteroatoms. The number of carbonyl (C=O) groups excluding carboxylic acids is 3. The number of carbonyl (C=O) groups is 3. The molecule has 0 saturated carbocycles. The zero-order chi connectivity index (χ0) is 21.2. The number of rotatable bonds is 7. The van der Waals surface area contributed by atoms with Gasteiger partial charge in [0.2, 0.25) is 5.91 Å². The quantitative estimate of drug-likeness (QED) is 0.675. The van der Waals surface area contributed by atoms with Gasteiger partial charge in [-0.1, -0.05) is 49.4 Å². The van der Waals surface area contributed by atoms with Crippen molar-refractivity contribution in [1.29, 1.82) is 0 Å². The molecule has 152 valence electrons. The first-order chi connectivity index (χ1) is 13.9. The molecule has 3 amide bonds. The second kappa shape index (κ2) is 8.19. The molecular formula is C24H28N2O3. The van der Waals surface area contributed by atoms with Gasteiger partial charge in [-0.3, -0.25) is 19.3 Å². The lowest BCUT2D eigenvalue weighted by molar-refractivity contribution is -0.138. The predicted molar refractivity (Wildman–Crippen MR) is 113 cm³/mol. The maximum absolute atomic E-state index is 13.6. The molecule has 0 fully saturated rings. The first-order valence-electron chi connectivity index (χ1n) is 10.2. The van der Waals surface area contributed by atoms with Crippen LogP contribution in [-0.4, -0.2) is 47.2 Å². The van der Waals surface area contributed by atoms with Crippen LogP contribution in [0.5, 0.6) is 0 Å². The predicted octanol–water partition coefficient (Wildman–Crippen LogP) is 3.75. The lowest BCUT2D eigenvalue weighted by Crippen LogP contribution is -2.52. The highest BCUT2D eigenvalue weighted by Crippen LogP contribution is 2.36. The highest BCUT2D eigenvalue weighted by molar-refractivity contribution is 6.21. The number of likely N-dealkylation sites (N-methyl/N-ethyl adjacent to an activating group) is 1. The molecule has 2 aromatic carbocycles. The monoisotopic (exact) mass is 392 g/mol. The second-order valence-electron chi connectivity index (χ2n) is 7.71. The molecule has 0 aliphatic carbocycles. The van der Waals surface area contributed by atoms with Crippen LogP contribution in [0.4, 0.5) is 0 Å². The molecule has 0 spiro atoms. The standard InChI is InChI=1S/C24H28N2O3/c1-5-25(6-2)23(29)24(4,18-12-8-7-9-13-18)17(3)16-26-21(27)19-14-10-11-15-20(19)22(26)28/h7-15,17H,5-6,16H2,1-4H3. The summed E-state index contributed by atoms with van der Waals surface area (Å²) in [6.07, 6.45) is 0. The molecule has 29 heavy (non-hydrogen) atoms. The Morgan fingerprint density at radius 3 is 1.90 bits per heavy atom. The van der Waals surface area contributed by atoms with Gasteiger partial charge >= 0.3 is 0 Å². The van der Waals surface area contributed by atoms with Gasteiger partial charge < -0.3 is 4.90 Å². The number of nitrogens with zero attached hydrogens (tertiary/aromatic N) is 2. The van der Waals surface area contributed by atoms with E-state index in [9.17, 15) is 14.4 Å². The summed E-state index contributed by atoms with van der Waals surface area (Å²) in [5.74, 6) is -0.829. The largest absolute Gasteiger partial charge is 0.342 e. The van der Waals surface area contributed by atoms with Crippen molar-refractivity contribution in [3.63, 3.8) is 0 Å². The number of benzene rings is 2. The third-order valence-electron chi connectivity index (χ3n) is 6.19. The minimum atomic E-state index is -0.859. The van der Waals surface area contributed by atoms with E-state index >= 15 is 0 Å². The maximum atomic E-state index is 13.6. The molecule has 1 aliphatic rings. The Hall–Kier alpha value is -2.95. The van der Waals surface area contributed by atoms with Gasteiger partial charge in [0.25, 0.3) is 11.8 Å². The van der Waals surface area contributed by atoms with Crippen molar-refractivity contribution < 1.29 is 14.4 Å². The molecule has 2 aromatic rings. The number of hydrogen-bond donors (Lipinski definition) is 0. The van der Waals surface area contributed by atoms with Gasteiger partial charge in [0.1, 0.15) is 0 Å². The molecule has 1 heterocycles. The Morgan fingerprint density at radius 2 is 1.41 bits per heavy atom. The molecule has 0 radical (unpaired) electrons. The van der Waals surface area contributed by atoms with Crippen LogP contribution in [0, 0.1) is 5.92 Å². The maximum Gasteiger partial charge on any atom is 0.261 e. The van der Waals surface area contributed by atoms with Crippen LogP contribution in [-0.2, 0) is 10.2 Å². The van der Waals surface area contributed by atoms with Crippen molar-refractivity contribution in [2.24, 2.45) is 5.92 Å². The van der Waals surface area contributed by atoms with Crippen molar-refractivity contribution >= 4 is 17.7 Å². The Bertz CT molecular complexity index is 886. The zero-order valence-electron chi connectivity index (χ0n) is 17.5. The Balaban J connectivity index is 1.96. The highest BCUT2D eigenvalue weighted by Gasteiger charge is 2.45. The summed E-state index contributed by atoms with van der Waals surface area (Å²) in [4.78, 5) is 42.3. The van der Waals surface area contributed by atoms with Crippen LogP contribution in [0.15, 0.2) is 54.6 Å². The minimum Gasteiger partial charge on any atom is -0.342 e. The average molecular weight is 392 g/mol. The molecule has 0 saturated heterocycles. The summed E-state index contributed by atoms with van der Waals surface area (Å²) >= 11 is 0. The highest BCUT2D eigenvalue weighted by atomic mass is 16.2. The van der Waals surface area contributed by atoms with Crippen LogP contribution >= 0.6 is 0 Å². The van der Waals surface area contributed by atoms with Gasteiger partial charge in [-0.2, -0.15) is 0 Å². The molecule has 2 atom stereocenters. The van der Waals surface area contributed by atoms with Crippen molar-refractivity contribution in [3.05, 3.63) is 71.3 Å². The number of hydrogen-bond acceptors (Lipinski definition) is 3. The molecule has 5 nitrogen and oxygen atoms in total. The van der Waals surface area contributed by atoms with Gasteiger partial charge in [0.15, 0.2) is 0 Å². The summed E-state index contributed by atoms with van der Waals surface area (Å²) in [5.41, 5.74) is 0.895. The molecule has 0 bridgehead atoms. The summed E-state index contributed by atoms with van der Waals surface area (Å²) in [6, 6.07) is 16.5. The van der Waals surface area contributed by atoms with Gasteiger partial charge in [-0.25, -0.2) is 0 Å². The SMILES string of the molecule is CCN(CC)C(=O)C(C)(c1ccccc1)C(C)CN1C(=O)c2ccccc2C1=O. The van der Waals surface area contributed by atoms with Gasteiger partial charge in [0.05, 0.1) is 16.5 Å². The van der Waals surface area contributed by atoms with Crippen LogP contribution in [0.2, 0.25) is 0 Å². The number of amides is 3. The lowest BCUT2D eigenvalue weighted by atomic mass is 9.71. The van der Waals surface area contributed by atoms with E-state index in [0.717, 1.165) is 5.56 Å². The van der Waals surface area contributed by atoms with Crippen molar-refractivity contribution in [3.8, 4) is 0 Å². The van der Waals surface area contributed by atoms with Gasteiger partial charge in [-0.15, -0.1) is 0 Å². The molecule has 2 unspecified atom stereocenters. The number of imide groups is 1. The third-order valence-corrected chi connectivity index (χ3v) is 6.19. The molecule has 0 N–H and O–H groups in total. The van der Waals surface area contributed by atoms with Crippen molar-refractivity contribution in [2.75, 3.05) is 19.6 Å². The number of fused-ring (bicyclic) bond motifs is 1. The van der Waals surface area contributed by atoms with Gasteiger partial charge in [0, 0.05) is 19.6 Å². The average Bonchev–Trinajstić information content (AvgIpc) is 2.99. The Morgan fingerprint density at radius 1 is 0.931 bits per heavy atom. The Labute approximate surface area is 172 Å². The van der Waals surface area contributed by atoms with E-state index < -0.39 is 5.41 Å². The molecule has 3 rings (SSSR count). The Kier molecular flexibility index (Phi) is 5.87. The van der Waals surface area contributed by atoms with E-state index in [1.807, 2.05) is 62.9 Å².